The monoisotopic (exact) mass is 162 g/mol. The minimum atomic E-state index is 0.575. The van der Waals surface area contributed by atoms with E-state index < -0.39 is 0 Å². The molecule has 1 spiro atoms. The van der Waals surface area contributed by atoms with Crippen molar-refractivity contribution in [2.75, 3.05) is 0 Å². The number of allylic oxidation sites excluding steroid dienone is 4. The summed E-state index contributed by atoms with van der Waals surface area (Å²) in [6, 6.07) is 0. The van der Waals surface area contributed by atoms with Crippen LogP contribution in [0.2, 0.25) is 0 Å². The molecular weight excluding hydrogens is 144 g/mol. The molecule has 2 rings (SSSR count). The van der Waals surface area contributed by atoms with Gasteiger partial charge in [-0.2, -0.15) is 0 Å². The van der Waals surface area contributed by atoms with Crippen LogP contribution in [0.25, 0.3) is 0 Å². The summed E-state index contributed by atoms with van der Waals surface area (Å²) < 4.78 is 0. The molecule has 0 saturated heterocycles. The van der Waals surface area contributed by atoms with Crippen molar-refractivity contribution >= 4 is 0 Å². The Bertz CT molecular complexity index is 200. The van der Waals surface area contributed by atoms with Crippen molar-refractivity contribution in [1.82, 2.24) is 0 Å². The van der Waals surface area contributed by atoms with E-state index in [-0.39, 0.29) is 0 Å². The second-order valence-electron chi connectivity index (χ2n) is 4.22. The van der Waals surface area contributed by atoms with Crippen molar-refractivity contribution in [3.8, 4) is 0 Å². The molecule has 12 heavy (non-hydrogen) atoms. The molecule has 0 bridgehead atoms. The number of hydrogen-bond donors (Lipinski definition) is 0. The third kappa shape index (κ3) is 1.63. The van der Waals surface area contributed by atoms with Gasteiger partial charge in [0.15, 0.2) is 0 Å². The summed E-state index contributed by atoms with van der Waals surface area (Å²) in [6.07, 6.45) is 19.2. The van der Waals surface area contributed by atoms with Crippen molar-refractivity contribution < 1.29 is 0 Å². The van der Waals surface area contributed by atoms with Gasteiger partial charge in [0.1, 0.15) is 0 Å². The molecule has 0 aromatic heterocycles. The summed E-state index contributed by atoms with van der Waals surface area (Å²) in [4.78, 5) is 0. The third-order valence-electron chi connectivity index (χ3n) is 3.25. The summed E-state index contributed by atoms with van der Waals surface area (Å²) >= 11 is 0. The largest absolute Gasteiger partial charge is 0.0885 e. The van der Waals surface area contributed by atoms with Crippen LogP contribution >= 0.6 is 0 Å². The quantitative estimate of drug-likeness (QED) is 0.475. The molecule has 2 aliphatic carbocycles. The Kier molecular flexibility index (Phi) is 2.34. The lowest BCUT2D eigenvalue weighted by Crippen LogP contribution is -2.18. The van der Waals surface area contributed by atoms with Gasteiger partial charge in [0.05, 0.1) is 0 Å². The highest BCUT2D eigenvalue weighted by Crippen LogP contribution is 2.40. The first-order chi connectivity index (χ1) is 5.91. The topological polar surface area (TPSA) is 0 Å². The molecule has 0 N–H and O–H groups in total. The number of hydrogen-bond acceptors (Lipinski definition) is 0. The van der Waals surface area contributed by atoms with E-state index in [2.05, 4.69) is 24.3 Å². The van der Waals surface area contributed by atoms with Crippen LogP contribution < -0.4 is 0 Å². The van der Waals surface area contributed by atoms with Gasteiger partial charge in [0.2, 0.25) is 0 Å². The van der Waals surface area contributed by atoms with E-state index in [0.29, 0.717) is 5.41 Å². The molecule has 1 atom stereocenters. The fourth-order valence-corrected chi connectivity index (χ4v) is 2.48. The lowest BCUT2D eigenvalue weighted by Gasteiger charge is -2.31. The molecule has 0 aromatic carbocycles. The van der Waals surface area contributed by atoms with Crippen LogP contribution in [0.3, 0.4) is 0 Å². The molecule has 0 fully saturated rings. The van der Waals surface area contributed by atoms with Crippen LogP contribution in [-0.2, 0) is 0 Å². The van der Waals surface area contributed by atoms with Crippen LogP contribution in [0.4, 0.5) is 0 Å². The van der Waals surface area contributed by atoms with Gasteiger partial charge >= 0.3 is 0 Å². The van der Waals surface area contributed by atoms with Gasteiger partial charge in [0, 0.05) is 0 Å². The lowest BCUT2D eigenvalue weighted by molar-refractivity contribution is 0.304. The van der Waals surface area contributed by atoms with E-state index in [4.69, 9.17) is 0 Å². The standard InChI is InChI=1S/C12H18/c1-2-5-9-12(8-4-1)10-6-3-7-11-12/h1,4,6,10H,2-3,5,7-9,11H2. The van der Waals surface area contributed by atoms with Crippen LogP contribution in [0.15, 0.2) is 24.3 Å². The molecule has 1 unspecified atom stereocenters. The van der Waals surface area contributed by atoms with Crippen LogP contribution in [0, 0.1) is 5.41 Å². The second-order valence-corrected chi connectivity index (χ2v) is 4.22. The Hall–Kier alpha value is -0.520. The fourth-order valence-electron chi connectivity index (χ4n) is 2.48. The smallest absolute Gasteiger partial charge is 0.00836 e. The molecule has 0 heteroatoms. The first kappa shape index (κ1) is 8.10. The molecule has 0 aromatic rings. The molecule has 66 valence electrons. The fraction of sp³-hybridized carbons (Fsp3) is 0.667. The Labute approximate surface area is 75.4 Å². The predicted molar refractivity (Wildman–Crippen MR) is 53.0 cm³/mol. The third-order valence-corrected chi connectivity index (χ3v) is 3.25. The maximum absolute atomic E-state index is 2.49. The molecule has 2 aliphatic rings. The highest BCUT2D eigenvalue weighted by atomic mass is 14.3. The SMILES string of the molecule is C1=CCC2(C=CCCC2)CCC1. The molecule has 0 radical (unpaired) electrons. The van der Waals surface area contributed by atoms with Crippen molar-refractivity contribution in [2.24, 2.45) is 5.41 Å². The van der Waals surface area contributed by atoms with Crippen molar-refractivity contribution in [2.45, 2.75) is 44.9 Å². The van der Waals surface area contributed by atoms with Gasteiger partial charge in [0.25, 0.3) is 0 Å². The van der Waals surface area contributed by atoms with Gasteiger partial charge in [-0.05, 0) is 50.4 Å². The zero-order valence-electron chi connectivity index (χ0n) is 7.76. The maximum Gasteiger partial charge on any atom is -0.00836 e. The molecule has 0 nitrogen and oxygen atoms in total. The average Bonchev–Trinajstić information content (AvgIpc) is 2.33. The summed E-state index contributed by atoms with van der Waals surface area (Å²) in [5.41, 5.74) is 0.575. The minimum absolute atomic E-state index is 0.575. The highest BCUT2D eigenvalue weighted by Gasteiger charge is 2.27. The van der Waals surface area contributed by atoms with E-state index in [9.17, 15) is 0 Å². The summed E-state index contributed by atoms with van der Waals surface area (Å²) in [6.45, 7) is 0. The van der Waals surface area contributed by atoms with Crippen molar-refractivity contribution in [3.05, 3.63) is 24.3 Å². The second kappa shape index (κ2) is 3.47. The van der Waals surface area contributed by atoms with Crippen LogP contribution in [0.5, 0.6) is 0 Å². The Balaban J connectivity index is 2.11. The number of rotatable bonds is 0. The summed E-state index contributed by atoms with van der Waals surface area (Å²) in [5, 5.41) is 0. The summed E-state index contributed by atoms with van der Waals surface area (Å²) in [5.74, 6) is 0. The molecular formula is C12H18. The highest BCUT2D eigenvalue weighted by molar-refractivity contribution is 5.08. The Morgan fingerprint density at radius 1 is 0.833 bits per heavy atom. The van der Waals surface area contributed by atoms with Gasteiger partial charge in [-0.15, -0.1) is 0 Å². The predicted octanol–water partition coefficient (Wildman–Crippen LogP) is 3.84. The van der Waals surface area contributed by atoms with E-state index in [1.165, 1.54) is 44.9 Å². The van der Waals surface area contributed by atoms with E-state index in [1.807, 2.05) is 0 Å². The van der Waals surface area contributed by atoms with Gasteiger partial charge in [-0.25, -0.2) is 0 Å². The normalized spacial score (nSPS) is 35.3. The molecule has 0 amide bonds. The van der Waals surface area contributed by atoms with Crippen LogP contribution in [-0.4, -0.2) is 0 Å². The Morgan fingerprint density at radius 3 is 2.42 bits per heavy atom. The molecule has 0 saturated carbocycles. The van der Waals surface area contributed by atoms with E-state index in [0.717, 1.165) is 0 Å². The van der Waals surface area contributed by atoms with Gasteiger partial charge in [-0.1, -0.05) is 24.3 Å². The lowest BCUT2D eigenvalue weighted by atomic mass is 9.74. The van der Waals surface area contributed by atoms with Crippen LogP contribution in [0.1, 0.15) is 44.9 Å². The summed E-state index contributed by atoms with van der Waals surface area (Å²) in [7, 11) is 0. The van der Waals surface area contributed by atoms with Crippen molar-refractivity contribution in [3.63, 3.8) is 0 Å². The first-order valence-electron chi connectivity index (χ1n) is 5.24. The molecule has 0 heterocycles. The van der Waals surface area contributed by atoms with E-state index >= 15 is 0 Å². The average molecular weight is 162 g/mol. The maximum atomic E-state index is 2.49. The zero-order valence-corrected chi connectivity index (χ0v) is 7.76. The molecule has 0 aliphatic heterocycles. The Morgan fingerprint density at radius 2 is 1.58 bits per heavy atom. The first-order valence-corrected chi connectivity index (χ1v) is 5.24. The van der Waals surface area contributed by atoms with E-state index in [1.54, 1.807) is 0 Å². The van der Waals surface area contributed by atoms with Gasteiger partial charge < -0.3 is 0 Å². The van der Waals surface area contributed by atoms with Gasteiger partial charge in [-0.3, -0.25) is 0 Å². The van der Waals surface area contributed by atoms with Crippen molar-refractivity contribution in [1.29, 1.82) is 0 Å². The minimum Gasteiger partial charge on any atom is -0.0885 e. The zero-order chi connectivity index (χ0) is 8.28.